The Morgan fingerprint density at radius 3 is 2.74 bits per heavy atom. The first-order valence-corrected chi connectivity index (χ1v) is 7.82. The summed E-state index contributed by atoms with van der Waals surface area (Å²) in [6, 6.07) is 9.47. The van der Waals surface area contributed by atoms with Crippen LogP contribution in [0.25, 0.3) is 11.3 Å². The van der Waals surface area contributed by atoms with Crippen LogP contribution in [0.2, 0.25) is 0 Å². The van der Waals surface area contributed by atoms with E-state index in [-0.39, 0.29) is 11.6 Å². The standard InChI is InChI=1S/C16H15BrN4O2/c1-10-3-5-11(6-4-10)15-7-13(20-23-15)16(22)18-9-14-12(17)8-19-21(14)2/h3-8H,9H2,1-2H3,(H,18,22). The molecule has 1 aromatic carbocycles. The SMILES string of the molecule is Cc1ccc(-c2cc(C(=O)NCc3c(Br)cnn3C)no2)cc1. The highest BCUT2D eigenvalue weighted by Crippen LogP contribution is 2.21. The highest BCUT2D eigenvalue weighted by molar-refractivity contribution is 9.10. The molecule has 1 N–H and O–H groups in total. The van der Waals surface area contributed by atoms with E-state index in [9.17, 15) is 4.79 Å². The van der Waals surface area contributed by atoms with Gasteiger partial charge in [0.05, 0.1) is 22.9 Å². The lowest BCUT2D eigenvalue weighted by molar-refractivity contribution is 0.0941. The van der Waals surface area contributed by atoms with Crippen molar-refractivity contribution in [1.82, 2.24) is 20.3 Å². The van der Waals surface area contributed by atoms with Gasteiger partial charge in [0, 0.05) is 18.7 Å². The Labute approximate surface area is 141 Å². The summed E-state index contributed by atoms with van der Waals surface area (Å²) in [6.07, 6.45) is 1.69. The van der Waals surface area contributed by atoms with E-state index < -0.39 is 0 Å². The van der Waals surface area contributed by atoms with Gasteiger partial charge in [-0.1, -0.05) is 35.0 Å². The van der Waals surface area contributed by atoms with E-state index in [0.717, 1.165) is 21.3 Å². The van der Waals surface area contributed by atoms with Crippen LogP contribution in [0.5, 0.6) is 0 Å². The molecular formula is C16H15BrN4O2. The summed E-state index contributed by atoms with van der Waals surface area (Å²) in [5.74, 6) is 0.275. The Morgan fingerprint density at radius 2 is 2.09 bits per heavy atom. The first kappa shape index (κ1) is 15.5. The van der Waals surface area contributed by atoms with Crippen LogP contribution in [0.3, 0.4) is 0 Å². The van der Waals surface area contributed by atoms with Gasteiger partial charge in [-0.3, -0.25) is 9.48 Å². The third kappa shape index (κ3) is 3.34. The number of aryl methyl sites for hydroxylation is 2. The number of aromatic nitrogens is 3. The molecule has 7 heteroatoms. The number of hydrogen-bond acceptors (Lipinski definition) is 4. The average Bonchev–Trinajstić information content (AvgIpc) is 3.14. The van der Waals surface area contributed by atoms with Crippen molar-refractivity contribution < 1.29 is 9.32 Å². The van der Waals surface area contributed by atoms with Crippen molar-refractivity contribution in [3.8, 4) is 11.3 Å². The minimum Gasteiger partial charge on any atom is -0.355 e. The Morgan fingerprint density at radius 1 is 1.35 bits per heavy atom. The van der Waals surface area contributed by atoms with Gasteiger partial charge in [0.2, 0.25) is 0 Å². The molecule has 0 bridgehead atoms. The van der Waals surface area contributed by atoms with Gasteiger partial charge in [-0.05, 0) is 22.9 Å². The maximum Gasteiger partial charge on any atom is 0.273 e. The van der Waals surface area contributed by atoms with Gasteiger partial charge in [0.15, 0.2) is 11.5 Å². The van der Waals surface area contributed by atoms with Crippen molar-refractivity contribution in [2.45, 2.75) is 13.5 Å². The fourth-order valence-corrected chi connectivity index (χ4v) is 2.61. The number of benzene rings is 1. The average molecular weight is 375 g/mol. The summed E-state index contributed by atoms with van der Waals surface area (Å²) in [5, 5.41) is 10.7. The lowest BCUT2D eigenvalue weighted by atomic mass is 10.1. The van der Waals surface area contributed by atoms with Crippen LogP contribution in [0.1, 0.15) is 21.7 Å². The van der Waals surface area contributed by atoms with Crippen molar-refractivity contribution in [2.24, 2.45) is 7.05 Å². The molecule has 0 saturated heterocycles. The van der Waals surface area contributed by atoms with Gasteiger partial charge in [0.25, 0.3) is 5.91 Å². The van der Waals surface area contributed by atoms with Gasteiger partial charge in [-0.2, -0.15) is 5.10 Å². The fraction of sp³-hybridized carbons (Fsp3) is 0.188. The van der Waals surface area contributed by atoms with Gasteiger partial charge in [-0.25, -0.2) is 0 Å². The Hall–Kier alpha value is -2.41. The topological polar surface area (TPSA) is 73.0 Å². The summed E-state index contributed by atoms with van der Waals surface area (Å²) in [5.41, 5.74) is 3.17. The number of carbonyl (C=O) groups is 1. The zero-order valence-electron chi connectivity index (χ0n) is 12.7. The largest absolute Gasteiger partial charge is 0.355 e. The van der Waals surface area contributed by atoms with E-state index in [0.29, 0.717) is 12.3 Å². The normalized spacial score (nSPS) is 10.7. The highest BCUT2D eigenvalue weighted by Gasteiger charge is 2.15. The summed E-state index contributed by atoms with van der Waals surface area (Å²) < 4.78 is 7.81. The lowest BCUT2D eigenvalue weighted by Crippen LogP contribution is -2.24. The van der Waals surface area contributed by atoms with Gasteiger partial charge < -0.3 is 9.84 Å². The molecule has 118 valence electrons. The second kappa shape index (κ2) is 6.37. The predicted octanol–water partition coefficient (Wildman–Crippen LogP) is 3.08. The lowest BCUT2D eigenvalue weighted by Gasteiger charge is -2.04. The molecule has 23 heavy (non-hydrogen) atoms. The van der Waals surface area contributed by atoms with Crippen molar-refractivity contribution >= 4 is 21.8 Å². The van der Waals surface area contributed by atoms with E-state index in [1.54, 1.807) is 16.9 Å². The van der Waals surface area contributed by atoms with Crippen molar-refractivity contribution in [1.29, 1.82) is 0 Å². The molecule has 0 spiro atoms. The number of rotatable bonds is 4. The zero-order valence-corrected chi connectivity index (χ0v) is 14.3. The van der Waals surface area contributed by atoms with Gasteiger partial charge in [0.1, 0.15) is 0 Å². The molecule has 0 radical (unpaired) electrons. The third-order valence-corrected chi connectivity index (χ3v) is 4.17. The second-order valence-corrected chi connectivity index (χ2v) is 6.04. The molecule has 3 aromatic rings. The number of amides is 1. The maximum atomic E-state index is 12.2. The van der Waals surface area contributed by atoms with E-state index >= 15 is 0 Å². The Balaban J connectivity index is 1.70. The minimum absolute atomic E-state index is 0.249. The molecule has 0 aliphatic rings. The summed E-state index contributed by atoms with van der Waals surface area (Å²) in [4.78, 5) is 12.2. The maximum absolute atomic E-state index is 12.2. The molecular weight excluding hydrogens is 360 g/mol. The van der Waals surface area contributed by atoms with Gasteiger partial charge >= 0.3 is 0 Å². The first-order valence-electron chi connectivity index (χ1n) is 7.03. The third-order valence-electron chi connectivity index (χ3n) is 3.51. The summed E-state index contributed by atoms with van der Waals surface area (Å²) >= 11 is 3.40. The number of nitrogens with one attached hydrogen (secondary N) is 1. The number of nitrogens with zero attached hydrogens (tertiary/aromatic N) is 3. The molecule has 0 saturated carbocycles. The molecule has 0 aliphatic heterocycles. The van der Waals surface area contributed by atoms with Gasteiger partial charge in [-0.15, -0.1) is 0 Å². The smallest absolute Gasteiger partial charge is 0.273 e. The van der Waals surface area contributed by atoms with Crippen molar-refractivity contribution in [2.75, 3.05) is 0 Å². The van der Waals surface area contributed by atoms with Crippen molar-refractivity contribution in [3.05, 3.63) is 58.0 Å². The Kier molecular flexibility index (Phi) is 4.29. The number of carbonyl (C=O) groups excluding carboxylic acids is 1. The molecule has 0 aliphatic carbocycles. The second-order valence-electron chi connectivity index (χ2n) is 5.19. The molecule has 6 nitrogen and oxygen atoms in total. The van der Waals surface area contributed by atoms with Crippen LogP contribution in [-0.4, -0.2) is 20.8 Å². The zero-order chi connectivity index (χ0) is 16.4. The van der Waals surface area contributed by atoms with Crippen LogP contribution in [-0.2, 0) is 13.6 Å². The molecule has 0 atom stereocenters. The quantitative estimate of drug-likeness (QED) is 0.761. The summed E-state index contributed by atoms with van der Waals surface area (Å²) in [7, 11) is 1.82. The Bertz CT molecular complexity index is 817. The highest BCUT2D eigenvalue weighted by atomic mass is 79.9. The number of halogens is 1. The van der Waals surface area contributed by atoms with Crippen LogP contribution in [0.4, 0.5) is 0 Å². The molecule has 0 fully saturated rings. The van der Waals surface area contributed by atoms with Crippen LogP contribution < -0.4 is 5.32 Å². The molecule has 0 unspecified atom stereocenters. The van der Waals surface area contributed by atoms with E-state index in [1.165, 1.54) is 0 Å². The van der Waals surface area contributed by atoms with Crippen LogP contribution in [0.15, 0.2) is 45.5 Å². The van der Waals surface area contributed by atoms with E-state index in [4.69, 9.17) is 4.52 Å². The predicted molar refractivity (Wildman–Crippen MR) is 88.8 cm³/mol. The molecule has 3 rings (SSSR count). The molecule has 1 amide bonds. The van der Waals surface area contributed by atoms with Crippen molar-refractivity contribution in [3.63, 3.8) is 0 Å². The van der Waals surface area contributed by atoms with E-state index in [2.05, 4.69) is 31.5 Å². The molecule has 2 heterocycles. The minimum atomic E-state index is -0.291. The fourth-order valence-electron chi connectivity index (χ4n) is 2.13. The number of hydrogen-bond donors (Lipinski definition) is 1. The van der Waals surface area contributed by atoms with Crippen LogP contribution >= 0.6 is 15.9 Å². The van der Waals surface area contributed by atoms with E-state index in [1.807, 2.05) is 38.2 Å². The van der Waals surface area contributed by atoms with Crippen LogP contribution in [0, 0.1) is 6.92 Å². The monoisotopic (exact) mass is 374 g/mol. The first-order chi connectivity index (χ1) is 11.0. The molecule has 2 aromatic heterocycles. The summed E-state index contributed by atoms with van der Waals surface area (Å²) in [6.45, 7) is 2.36.